The van der Waals surface area contributed by atoms with Gasteiger partial charge in [-0.3, -0.25) is 4.98 Å². The first-order valence-electron chi connectivity index (χ1n) is 11.2. The molecule has 31 heavy (non-hydrogen) atoms. The highest BCUT2D eigenvalue weighted by molar-refractivity contribution is 5.95. The Morgan fingerprint density at radius 2 is 1.74 bits per heavy atom. The number of nitrogens with one attached hydrogen (secondary N) is 2. The molecule has 1 aromatic heterocycles. The molecule has 2 atom stereocenters. The Morgan fingerprint density at radius 1 is 0.935 bits per heavy atom. The number of hydrogen-bond donors (Lipinski definition) is 2. The average Bonchev–Trinajstić information content (AvgIpc) is 2.78. The Kier molecular flexibility index (Phi) is 5.21. The summed E-state index contributed by atoms with van der Waals surface area (Å²) in [5.74, 6) is 0. The lowest BCUT2D eigenvalue weighted by atomic mass is 9.90. The molecule has 0 fully saturated rings. The van der Waals surface area contributed by atoms with E-state index in [-0.39, 0.29) is 0 Å². The highest BCUT2D eigenvalue weighted by Gasteiger charge is 2.17. The van der Waals surface area contributed by atoms with Crippen LogP contribution in [0.3, 0.4) is 0 Å². The highest BCUT2D eigenvalue weighted by atomic mass is 14.9. The first kappa shape index (κ1) is 19.8. The molecule has 0 spiro atoms. The van der Waals surface area contributed by atoms with Crippen LogP contribution in [0.5, 0.6) is 0 Å². The monoisotopic (exact) mass is 407 g/mol. The summed E-state index contributed by atoms with van der Waals surface area (Å²) in [5.41, 5.74) is 8.44. The van der Waals surface area contributed by atoms with Gasteiger partial charge in [-0.2, -0.15) is 0 Å². The number of aryl methyl sites for hydroxylation is 1. The molecular formula is C28H29N3. The van der Waals surface area contributed by atoms with Crippen molar-refractivity contribution in [2.24, 2.45) is 0 Å². The molecule has 2 N–H and O–H groups in total. The Hall–Kier alpha value is -3.17. The number of allylic oxidation sites excluding steroid dienone is 2. The molecule has 0 radical (unpaired) electrons. The minimum absolute atomic E-state index is 0.412. The lowest BCUT2D eigenvalue weighted by Crippen LogP contribution is -2.36. The molecule has 3 nitrogen and oxygen atoms in total. The minimum atomic E-state index is 0.412. The summed E-state index contributed by atoms with van der Waals surface area (Å²) >= 11 is 0. The zero-order valence-corrected chi connectivity index (χ0v) is 18.4. The van der Waals surface area contributed by atoms with Gasteiger partial charge in [0.05, 0.1) is 11.4 Å². The van der Waals surface area contributed by atoms with Crippen LogP contribution in [-0.2, 0) is 0 Å². The van der Waals surface area contributed by atoms with E-state index < -0.39 is 0 Å². The second-order valence-corrected chi connectivity index (χ2v) is 8.80. The normalized spacial score (nSPS) is 21.2. The lowest BCUT2D eigenvalue weighted by molar-refractivity contribution is 0.506. The van der Waals surface area contributed by atoms with E-state index in [0.717, 1.165) is 29.9 Å². The van der Waals surface area contributed by atoms with E-state index in [0.29, 0.717) is 12.1 Å². The van der Waals surface area contributed by atoms with Crippen LogP contribution in [0.25, 0.3) is 27.6 Å². The third-order valence-electron chi connectivity index (χ3n) is 6.20. The molecule has 0 aliphatic carbocycles. The Bertz CT molecular complexity index is 1230. The maximum absolute atomic E-state index is 4.76. The fraction of sp³-hybridized carbons (Fsp3) is 0.250. The van der Waals surface area contributed by atoms with Crippen LogP contribution in [-0.4, -0.2) is 17.1 Å². The number of hydrogen-bond acceptors (Lipinski definition) is 3. The van der Waals surface area contributed by atoms with Crippen LogP contribution in [0.1, 0.15) is 49.2 Å². The molecule has 5 rings (SSSR count). The number of benzene rings is 2. The van der Waals surface area contributed by atoms with E-state index in [1.54, 1.807) is 0 Å². The van der Waals surface area contributed by atoms with Gasteiger partial charge in [-0.1, -0.05) is 42.5 Å². The molecule has 0 saturated heterocycles. The summed E-state index contributed by atoms with van der Waals surface area (Å²) in [7, 11) is 0. The van der Waals surface area contributed by atoms with Crippen molar-refractivity contribution in [3.05, 3.63) is 95.5 Å². The number of fused-ring (bicyclic) bond motifs is 1. The summed E-state index contributed by atoms with van der Waals surface area (Å²) in [6.07, 6.45) is 8.53. The maximum atomic E-state index is 4.76. The Morgan fingerprint density at radius 3 is 2.55 bits per heavy atom. The van der Waals surface area contributed by atoms with Crippen LogP contribution in [0.15, 0.2) is 72.9 Å². The van der Waals surface area contributed by atoms with Crippen LogP contribution in [0, 0.1) is 6.92 Å². The molecule has 156 valence electrons. The zero-order chi connectivity index (χ0) is 21.4. The molecule has 0 saturated carbocycles. The third kappa shape index (κ3) is 4.06. The maximum Gasteiger partial charge on any atom is 0.0870 e. The molecule has 2 aliphatic heterocycles. The largest absolute Gasteiger partial charge is 0.360 e. The predicted octanol–water partition coefficient (Wildman–Crippen LogP) is 6.07. The highest BCUT2D eigenvalue weighted by Crippen LogP contribution is 2.33. The van der Waals surface area contributed by atoms with Crippen molar-refractivity contribution in [2.75, 3.05) is 0 Å². The summed E-state index contributed by atoms with van der Waals surface area (Å²) in [6, 6.07) is 20.8. The SMILES string of the molecule is Cc1cccc(C2=C(c3ccc4ccc(C5=C[C@H](C)N[C@H](C)C5)cc4c3)CC=CN2)n1. The Labute approximate surface area is 184 Å². The molecule has 3 heteroatoms. The fourth-order valence-corrected chi connectivity index (χ4v) is 4.78. The van der Waals surface area contributed by atoms with E-state index >= 15 is 0 Å². The fourth-order valence-electron chi connectivity index (χ4n) is 4.78. The molecule has 3 aromatic rings. The summed E-state index contributed by atoms with van der Waals surface area (Å²) < 4.78 is 0. The van der Waals surface area contributed by atoms with E-state index in [1.165, 1.54) is 33.0 Å². The van der Waals surface area contributed by atoms with Gasteiger partial charge >= 0.3 is 0 Å². The van der Waals surface area contributed by atoms with Gasteiger partial charge in [0.15, 0.2) is 0 Å². The number of nitrogens with zero attached hydrogens (tertiary/aromatic N) is 1. The van der Waals surface area contributed by atoms with E-state index in [1.807, 2.05) is 19.2 Å². The third-order valence-corrected chi connectivity index (χ3v) is 6.20. The van der Waals surface area contributed by atoms with Gasteiger partial charge in [-0.25, -0.2) is 0 Å². The molecule has 0 bridgehead atoms. The van der Waals surface area contributed by atoms with Crippen molar-refractivity contribution >= 4 is 27.6 Å². The molecular weight excluding hydrogens is 378 g/mol. The second kappa shape index (κ2) is 8.16. The van der Waals surface area contributed by atoms with Crippen molar-refractivity contribution in [3.8, 4) is 0 Å². The number of pyridine rings is 1. The van der Waals surface area contributed by atoms with E-state index in [9.17, 15) is 0 Å². The van der Waals surface area contributed by atoms with Crippen LogP contribution >= 0.6 is 0 Å². The van der Waals surface area contributed by atoms with Crippen LogP contribution < -0.4 is 10.6 Å². The smallest absolute Gasteiger partial charge is 0.0870 e. The summed E-state index contributed by atoms with van der Waals surface area (Å²) in [6.45, 7) is 6.53. The summed E-state index contributed by atoms with van der Waals surface area (Å²) in [4.78, 5) is 4.76. The number of aromatic nitrogens is 1. The summed E-state index contributed by atoms with van der Waals surface area (Å²) in [5, 5.41) is 9.60. The first-order chi connectivity index (χ1) is 15.1. The molecule has 3 heterocycles. The lowest BCUT2D eigenvalue weighted by Gasteiger charge is -2.26. The van der Waals surface area contributed by atoms with Crippen molar-refractivity contribution in [3.63, 3.8) is 0 Å². The molecule has 0 unspecified atom stereocenters. The second-order valence-electron chi connectivity index (χ2n) is 8.80. The number of rotatable bonds is 3. The van der Waals surface area contributed by atoms with Crippen molar-refractivity contribution in [2.45, 2.75) is 45.7 Å². The van der Waals surface area contributed by atoms with E-state index in [4.69, 9.17) is 4.98 Å². The first-order valence-corrected chi connectivity index (χ1v) is 11.2. The quantitative estimate of drug-likeness (QED) is 0.553. The van der Waals surface area contributed by atoms with Gasteiger partial charge in [0.1, 0.15) is 0 Å². The predicted molar refractivity (Wildman–Crippen MR) is 131 cm³/mol. The Balaban J connectivity index is 1.58. The zero-order valence-electron chi connectivity index (χ0n) is 18.4. The van der Waals surface area contributed by atoms with E-state index in [2.05, 4.69) is 85.2 Å². The molecule has 0 amide bonds. The van der Waals surface area contributed by atoms with Gasteiger partial charge in [-0.15, -0.1) is 0 Å². The average molecular weight is 408 g/mol. The van der Waals surface area contributed by atoms with Crippen LogP contribution in [0.2, 0.25) is 0 Å². The topological polar surface area (TPSA) is 37.0 Å². The van der Waals surface area contributed by atoms with Crippen molar-refractivity contribution < 1.29 is 0 Å². The van der Waals surface area contributed by atoms with Crippen LogP contribution in [0.4, 0.5) is 0 Å². The number of dihydropyridines is 1. The van der Waals surface area contributed by atoms with Gasteiger partial charge in [0, 0.05) is 17.8 Å². The van der Waals surface area contributed by atoms with Gasteiger partial charge in [0.25, 0.3) is 0 Å². The molecule has 2 aliphatic rings. The molecule has 2 aromatic carbocycles. The van der Waals surface area contributed by atoms with Crippen molar-refractivity contribution in [1.29, 1.82) is 0 Å². The standard InChI is InChI=1S/C28H29N3/c1-18-6-4-8-27(31-18)28-26(7-5-13-29-28)23-12-10-21-9-11-22(16-25(21)17-23)24-14-19(2)30-20(3)15-24/h4-6,8-14,16-17,19-20,29-30H,7,15H2,1-3H3/t19-,20+/m0/s1. The van der Waals surface area contributed by atoms with Gasteiger partial charge in [-0.05, 0) is 97.1 Å². The minimum Gasteiger partial charge on any atom is -0.360 e. The van der Waals surface area contributed by atoms with Crippen molar-refractivity contribution in [1.82, 2.24) is 15.6 Å². The van der Waals surface area contributed by atoms with Gasteiger partial charge in [0.2, 0.25) is 0 Å². The van der Waals surface area contributed by atoms with Gasteiger partial charge < -0.3 is 10.6 Å².